The number of anilines is 1. The molecule has 0 aliphatic rings. The smallest absolute Gasteiger partial charge is 0.343 e. The molecule has 0 atom stereocenters. The molecule has 0 saturated carbocycles. The number of carbonyl (C=O) groups is 2. The third kappa shape index (κ3) is 7.14. The highest BCUT2D eigenvalue weighted by molar-refractivity contribution is 5.97. The number of rotatable bonds is 7. The normalized spacial score (nSPS) is 11.2. The molecule has 1 aromatic carbocycles. The molecular weight excluding hydrogens is 311 g/mol. The van der Waals surface area contributed by atoms with Crippen molar-refractivity contribution in [1.29, 1.82) is 0 Å². The molecule has 2 amide bonds. The van der Waals surface area contributed by atoms with Gasteiger partial charge in [0.25, 0.3) is 5.91 Å². The van der Waals surface area contributed by atoms with E-state index in [9.17, 15) is 22.8 Å². The molecule has 0 bridgehead atoms. The number of aryl methyl sites for hydroxylation is 1. The van der Waals surface area contributed by atoms with Gasteiger partial charge in [-0.2, -0.15) is 13.2 Å². The van der Waals surface area contributed by atoms with E-state index in [-0.39, 0.29) is 11.5 Å². The van der Waals surface area contributed by atoms with E-state index in [0.29, 0.717) is 25.1 Å². The fourth-order valence-corrected chi connectivity index (χ4v) is 1.82. The van der Waals surface area contributed by atoms with E-state index in [1.165, 1.54) is 12.1 Å². The van der Waals surface area contributed by atoms with Crippen LogP contribution in [0.2, 0.25) is 0 Å². The van der Waals surface area contributed by atoms with Gasteiger partial charge in [0.2, 0.25) is 5.91 Å². The number of amides is 2. The van der Waals surface area contributed by atoms with Gasteiger partial charge < -0.3 is 16.0 Å². The number of benzene rings is 1. The minimum Gasteiger partial charge on any atom is -0.343 e. The van der Waals surface area contributed by atoms with Crippen LogP contribution < -0.4 is 16.0 Å². The van der Waals surface area contributed by atoms with Crippen LogP contribution in [0.4, 0.5) is 18.9 Å². The standard InChI is InChI=1S/C15H20F3N3O2/c1-10-5-6-11(14(23)20-9-15(16,17)18)8-12(10)21-13(22)4-3-7-19-2/h5-6,8,19H,3-4,7,9H2,1-2H3,(H,20,23)(H,21,22). The van der Waals surface area contributed by atoms with Gasteiger partial charge in [-0.15, -0.1) is 0 Å². The van der Waals surface area contributed by atoms with Crippen LogP contribution in [0, 0.1) is 6.92 Å². The van der Waals surface area contributed by atoms with E-state index in [0.717, 1.165) is 5.56 Å². The monoisotopic (exact) mass is 331 g/mol. The Morgan fingerprint density at radius 1 is 1.22 bits per heavy atom. The van der Waals surface area contributed by atoms with Gasteiger partial charge in [0.15, 0.2) is 0 Å². The highest BCUT2D eigenvalue weighted by Gasteiger charge is 2.28. The fourth-order valence-electron chi connectivity index (χ4n) is 1.82. The summed E-state index contributed by atoms with van der Waals surface area (Å²) in [6, 6.07) is 4.36. The lowest BCUT2D eigenvalue weighted by atomic mass is 10.1. The Balaban J connectivity index is 2.71. The summed E-state index contributed by atoms with van der Waals surface area (Å²) >= 11 is 0. The largest absolute Gasteiger partial charge is 0.405 e. The van der Waals surface area contributed by atoms with Crippen molar-refractivity contribution in [3.8, 4) is 0 Å². The molecule has 0 saturated heterocycles. The Bertz CT molecular complexity index is 559. The topological polar surface area (TPSA) is 70.2 Å². The van der Waals surface area contributed by atoms with E-state index in [1.54, 1.807) is 25.4 Å². The van der Waals surface area contributed by atoms with Gasteiger partial charge in [-0.25, -0.2) is 0 Å². The number of halogens is 3. The first kappa shape index (κ1) is 19.0. The van der Waals surface area contributed by atoms with Crippen LogP contribution in [-0.4, -0.2) is 38.1 Å². The Kier molecular flexibility index (Phi) is 7.02. The van der Waals surface area contributed by atoms with Gasteiger partial charge in [-0.05, 0) is 44.6 Å². The molecule has 3 N–H and O–H groups in total. The summed E-state index contributed by atoms with van der Waals surface area (Å²) in [5.41, 5.74) is 1.20. The molecule has 23 heavy (non-hydrogen) atoms. The summed E-state index contributed by atoms with van der Waals surface area (Å²) in [6.07, 6.45) is -3.50. The molecule has 1 rings (SSSR count). The van der Waals surface area contributed by atoms with Crippen LogP contribution in [0.3, 0.4) is 0 Å². The summed E-state index contributed by atoms with van der Waals surface area (Å²) in [4.78, 5) is 23.5. The quantitative estimate of drug-likeness (QED) is 0.671. The molecule has 0 spiro atoms. The molecule has 1 aromatic rings. The average molecular weight is 331 g/mol. The maximum absolute atomic E-state index is 12.1. The van der Waals surface area contributed by atoms with E-state index in [1.807, 2.05) is 0 Å². The molecule has 128 valence electrons. The van der Waals surface area contributed by atoms with Crippen LogP contribution >= 0.6 is 0 Å². The van der Waals surface area contributed by atoms with Crippen molar-refractivity contribution in [2.45, 2.75) is 25.9 Å². The third-order valence-corrected chi connectivity index (χ3v) is 3.05. The van der Waals surface area contributed by atoms with Gasteiger partial charge in [0.05, 0.1) is 0 Å². The molecule has 0 heterocycles. The summed E-state index contributed by atoms with van der Waals surface area (Å²) in [5, 5.41) is 7.39. The molecule has 5 nitrogen and oxygen atoms in total. The van der Waals surface area contributed by atoms with Crippen molar-refractivity contribution in [3.63, 3.8) is 0 Å². The van der Waals surface area contributed by atoms with Crippen molar-refractivity contribution in [3.05, 3.63) is 29.3 Å². The SMILES string of the molecule is CNCCCC(=O)Nc1cc(C(=O)NCC(F)(F)F)ccc1C. The van der Waals surface area contributed by atoms with Crippen molar-refractivity contribution in [2.75, 3.05) is 25.5 Å². The summed E-state index contributed by atoms with van der Waals surface area (Å²) < 4.78 is 36.4. The van der Waals surface area contributed by atoms with Crippen molar-refractivity contribution in [2.24, 2.45) is 0 Å². The van der Waals surface area contributed by atoms with Crippen molar-refractivity contribution < 1.29 is 22.8 Å². The molecular formula is C15H20F3N3O2. The third-order valence-electron chi connectivity index (χ3n) is 3.05. The Morgan fingerprint density at radius 3 is 2.52 bits per heavy atom. The first-order valence-corrected chi connectivity index (χ1v) is 7.13. The lowest BCUT2D eigenvalue weighted by Crippen LogP contribution is -2.33. The van der Waals surface area contributed by atoms with E-state index >= 15 is 0 Å². The first-order chi connectivity index (χ1) is 10.7. The second-order valence-electron chi connectivity index (χ2n) is 5.08. The molecule has 8 heteroatoms. The van der Waals surface area contributed by atoms with E-state index in [4.69, 9.17) is 0 Å². The number of alkyl halides is 3. The van der Waals surface area contributed by atoms with Gasteiger partial charge in [-0.1, -0.05) is 6.07 Å². The average Bonchev–Trinajstić information content (AvgIpc) is 2.46. The predicted octanol–water partition coefficient (Wildman–Crippen LogP) is 2.23. The zero-order valence-electron chi connectivity index (χ0n) is 13.0. The van der Waals surface area contributed by atoms with E-state index in [2.05, 4.69) is 10.6 Å². The second-order valence-corrected chi connectivity index (χ2v) is 5.08. The second kappa shape index (κ2) is 8.52. The summed E-state index contributed by atoms with van der Waals surface area (Å²) in [6.45, 7) is 1.04. The zero-order valence-corrected chi connectivity index (χ0v) is 13.0. The van der Waals surface area contributed by atoms with Gasteiger partial charge >= 0.3 is 6.18 Å². The maximum atomic E-state index is 12.1. The minimum atomic E-state index is -4.47. The fraction of sp³-hybridized carbons (Fsp3) is 0.467. The molecule has 0 radical (unpaired) electrons. The number of hydrogen-bond acceptors (Lipinski definition) is 3. The lowest BCUT2D eigenvalue weighted by molar-refractivity contribution is -0.123. The minimum absolute atomic E-state index is 0.0605. The Hall–Kier alpha value is -2.09. The Morgan fingerprint density at radius 2 is 1.91 bits per heavy atom. The van der Waals surface area contributed by atoms with Crippen LogP contribution in [0.5, 0.6) is 0 Å². The number of hydrogen-bond donors (Lipinski definition) is 3. The van der Waals surface area contributed by atoms with Crippen LogP contribution in [0.15, 0.2) is 18.2 Å². The number of carbonyl (C=O) groups excluding carboxylic acids is 2. The molecule has 0 aliphatic heterocycles. The maximum Gasteiger partial charge on any atom is 0.405 e. The van der Waals surface area contributed by atoms with Crippen LogP contribution in [0.25, 0.3) is 0 Å². The van der Waals surface area contributed by atoms with Crippen LogP contribution in [0.1, 0.15) is 28.8 Å². The molecule has 0 aromatic heterocycles. The van der Waals surface area contributed by atoms with Gasteiger partial charge in [0.1, 0.15) is 6.54 Å². The van der Waals surface area contributed by atoms with Crippen molar-refractivity contribution >= 4 is 17.5 Å². The molecule has 0 unspecified atom stereocenters. The number of nitrogens with one attached hydrogen (secondary N) is 3. The summed E-state index contributed by atoms with van der Waals surface area (Å²) in [5.74, 6) is -1.05. The summed E-state index contributed by atoms with van der Waals surface area (Å²) in [7, 11) is 1.78. The highest BCUT2D eigenvalue weighted by Crippen LogP contribution is 2.18. The zero-order chi connectivity index (χ0) is 17.5. The highest BCUT2D eigenvalue weighted by atomic mass is 19.4. The predicted molar refractivity (Wildman–Crippen MR) is 81.4 cm³/mol. The van der Waals surface area contributed by atoms with E-state index < -0.39 is 18.6 Å². The molecule has 0 aliphatic carbocycles. The Labute approximate surface area is 132 Å². The van der Waals surface area contributed by atoms with Crippen molar-refractivity contribution in [1.82, 2.24) is 10.6 Å². The molecule has 0 fully saturated rings. The van der Waals surface area contributed by atoms with Crippen LogP contribution in [-0.2, 0) is 4.79 Å². The lowest BCUT2D eigenvalue weighted by Gasteiger charge is -2.12. The van der Waals surface area contributed by atoms with Gasteiger partial charge in [0, 0.05) is 17.7 Å². The van der Waals surface area contributed by atoms with Gasteiger partial charge in [-0.3, -0.25) is 9.59 Å². The first-order valence-electron chi connectivity index (χ1n) is 7.13.